The minimum Gasteiger partial charge on any atom is -0.504 e. The minimum absolute atomic E-state index is 0.0979. The third kappa shape index (κ3) is 14.0. The largest absolute Gasteiger partial charge is 0.504 e. The molecule has 8 aromatic rings. The van der Waals surface area contributed by atoms with Gasteiger partial charge in [0.05, 0.1) is 39.4 Å². The first-order valence-corrected chi connectivity index (χ1v) is 21.9. The van der Waals surface area contributed by atoms with Gasteiger partial charge in [0.25, 0.3) is 0 Å². The van der Waals surface area contributed by atoms with Crippen LogP contribution < -0.4 is 5.46 Å². The van der Waals surface area contributed by atoms with Gasteiger partial charge in [-0.1, -0.05) is 70.5 Å². The number of H-pyrrole nitrogens is 1. The molecule has 4 heterocycles. The highest BCUT2D eigenvalue weighted by molar-refractivity contribution is 9.11. The summed E-state index contributed by atoms with van der Waals surface area (Å²) in [4.78, 5) is 21.6. The summed E-state index contributed by atoms with van der Waals surface area (Å²) in [6.45, 7) is 7.52. The standard InChI is InChI=1S/C16H11FN2O2.C13H16BFO4.C9H7BrN2.C6H5Br.C3H3BrN2/c17-14-9-11(8-12(10-20)16(14)21)15-6-7-19(18-15)13-4-2-1-3-5-13;1-12(2)13(3,4)19-14(18-12)9-5-8(7-16)11(17)10(15)6-9;10-9-6-7-12(11-9)8-4-2-1-3-5-8;7-6-4-2-1-3-5-6;4-3-1-2-5-6-3/h1-10,21H;5-7,17H,1-4H3;1-7H;1-5H;1-2H,(H,5,6). The number of carbonyl (C=O) groups is 2. The molecule has 0 aliphatic carbocycles. The summed E-state index contributed by atoms with van der Waals surface area (Å²) >= 11 is 9.77. The number of aromatic nitrogens is 6. The summed E-state index contributed by atoms with van der Waals surface area (Å²) in [7, 11) is -0.765. The zero-order chi connectivity index (χ0) is 47.1. The zero-order valence-electron chi connectivity index (χ0n) is 35.3. The summed E-state index contributed by atoms with van der Waals surface area (Å²) in [5.41, 5.74) is 1.95. The van der Waals surface area contributed by atoms with E-state index in [-0.39, 0.29) is 11.1 Å². The third-order valence-electron chi connectivity index (χ3n) is 9.67. The Balaban J connectivity index is 0.000000164. The number of hydrogen-bond donors (Lipinski definition) is 3. The molecule has 0 amide bonds. The van der Waals surface area contributed by atoms with Crippen molar-refractivity contribution in [2.24, 2.45) is 0 Å². The molecule has 65 heavy (non-hydrogen) atoms. The van der Waals surface area contributed by atoms with Crippen molar-refractivity contribution in [2.45, 2.75) is 38.9 Å². The van der Waals surface area contributed by atoms with Crippen LogP contribution in [0.15, 0.2) is 166 Å². The average molecular weight is 1080 g/mol. The average Bonchev–Trinajstić information content (AvgIpc) is 4.13. The van der Waals surface area contributed by atoms with Gasteiger partial charge in [0, 0.05) is 28.6 Å². The first-order chi connectivity index (χ1) is 31.0. The molecule has 3 N–H and O–H groups in total. The Morgan fingerprint density at radius 2 is 1.14 bits per heavy atom. The lowest BCUT2D eigenvalue weighted by Crippen LogP contribution is -2.41. The van der Waals surface area contributed by atoms with Crippen LogP contribution in [0.1, 0.15) is 48.4 Å². The number of para-hydroxylation sites is 2. The van der Waals surface area contributed by atoms with Crippen LogP contribution in [-0.2, 0) is 9.31 Å². The molecule has 1 saturated heterocycles. The number of nitrogens with one attached hydrogen (secondary N) is 1. The number of aromatic amines is 1. The van der Waals surface area contributed by atoms with E-state index in [0.717, 1.165) is 37.2 Å². The Kier molecular flexibility index (Phi) is 17.9. The fourth-order valence-electron chi connectivity index (χ4n) is 5.59. The van der Waals surface area contributed by atoms with E-state index < -0.39 is 41.5 Å². The highest BCUT2D eigenvalue weighted by Gasteiger charge is 2.52. The van der Waals surface area contributed by atoms with E-state index in [2.05, 4.69) is 68.2 Å². The zero-order valence-corrected chi connectivity index (χ0v) is 40.1. The molecule has 334 valence electrons. The van der Waals surface area contributed by atoms with E-state index >= 15 is 0 Å². The molecule has 0 spiro atoms. The molecule has 0 bridgehead atoms. The van der Waals surface area contributed by atoms with Gasteiger partial charge in [-0.2, -0.15) is 15.3 Å². The molecule has 12 nitrogen and oxygen atoms in total. The van der Waals surface area contributed by atoms with Crippen LogP contribution in [-0.4, -0.2) is 70.9 Å². The number of nitrogens with zero attached hydrogens (tertiary/aromatic N) is 5. The second-order valence-electron chi connectivity index (χ2n) is 14.8. The fraction of sp³-hybridized carbons (Fsp3) is 0.128. The Hall–Kier alpha value is -6.05. The van der Waals surface area contributed by atoms with Crippen molar-refractivity contribution in [3.8, 4) is 34.1 Å². The lowest BCUT2D eigenvalue weighted by Gasteiger charge is -2.32. The van der Waals surface area contributed by atoms with E-state index in [0.29, 0.717) is 29.3 Å². The normalized spacial score (nSPS) is 13.0. The van der Waals surface area contributed by atoms with Crippen LogP contribution >= 0.6 is 47.8 Å². The monoisotopic (exact) mass is 1070 g/mol. The van der Waals surface area contributed by atoms with Crippen LogP contribution in [0, 0.1) is 11.6 Å². The number of phenols is 2. The van der Waals surface area contributed by atoms with Crippen LogP contribution in [0.2, 0.25) is 0 Å². The maximum Gasteiger partial charge on any atom is 0.494 e. The van der Waals surface area contributed by atoms with Gasteiger partial charge in [-0.3, -0.25) is 14.7 Å². The number of benzene rings is 5. The molecule has 1 aliphatic heterocycles. The van der Waals surface area contributed by atoms with Crippen molar-refractivity contribution < 1.29 is 37.9 Å². The van der Waals surface area contributed by atoms with Gasteiger partial charge >= 0.3 is 7.12 Å². The molecule has 9 rings (SSSR count). The van der Waals surface area contributed by atoms with Crippen molar-refractivity contribution in [1.29, 1.82) is 0 Å². The molecule has 18 heteroatoms. The summed E-state index contributed by atoms with van der Waals surface area (Å²) < 4.78 is 45.0. The third-order valence-corrected chi connectivity index (χ3v) is 11.1. The molecule has 0 unspecified atom stereocenters. The van der Waals surface area contributed by atoms with Crippen LogP contribution in [0.3, 0.4) is 0 Å². The molecule has 5 aromatic carbocycles. The SMILES string of the molecule is Brc1ccccc1.Brc1ccn(-c2ccccc2)n1.Brc1ccn[nH]1.CC1(C)OB(c2cc(F)c(O)c(C=O)c2)OC1(C)C.O=Cc1cc(-c2ccn(-c3ccccc3)n2)cc(F)c1O. The maximum absolute atomic E-state index is 13.6. The van der Waals surface area contributed by atoms with Gasteiger partial charge in [0.15, 0.2) is 35.7 Å². The molecule has 3 aromatic heterocycles. The Morgan fingerprint density at radius 3 is 1.57 bits per heavy atom. The number of rotatable bonds is 6. The first-order valence-electron chi connectivity index (χ1n) is 19.6. The highest BCUT2D eigenvalue weighted by Crippen LogP contribution is 2.37. The summed E-state index contributed by atoms with van der Waals surface area (Å²) in [5, 5.41) is 33.7. The number of hydrogen-bond acceptors (Lipinski definition) is 9. The Labute approximate surface area is 399 Å². The van der Waals surface area contributed by atoms with Gasteiger partial charge in [-0.25, -0.2) is 18.1 Å². The second-order valence-corrected chi connectivity index (χ2v) is 17.3. The van der Waals surface area contributed by atoms with E-state index in [1.807, 2.05) is 142 Å². The van der Waals surface area contributed by atoms with Crippen molar-refractivity contribution in [1.82, 2.24) is 29.8 Å². The number of aromatic hydroxyl groups is 2. The summed E-state index contributed by atoms with van der Waals surface area (Å²) in [5.74, 6) is -3.01. The topological polar surface area (TPSA) is 157 Å². The van der Waals surface area contributed by atoms with Crippen molar-refractivity contribution in [3.05, 3.63) is 188 Å². The Morgan fingerprint density at radius 1 is 0.646 bits per heavy atom. The number of carbonyl (C=O) groups excluding carboxylic acids is 2. The lowest BCUT2D eigenvalue weighted by atomic mass is 9.78. The quantitative estimate of drug-likeness (QED) is 0.109. The van der Waals surface area contributed by atoms with Gasteiger partial charge < -0.3 is 19.5 Å². The summed E-state index contributed by atoms with van der Waals surface area (Å²) in [6, 6.07) is 39.9. The molecule has 1 aliphatic rings. The molecule has 0 saturated carbocycles. The van der Waals surface area contributed by atoms with Gasteiger partial charge in [-0.15, -0.1) is 0 Å². The van der Waals surface area contributed by atoms with Crippen molar-refractivity contribution >= 4 is 72.9 Å². The van der Waals surface area contributed by atoms with Gasteiger partial charge in [0.1, 0.15) is 9.21 Å². The van der Waals surface area contributed by atoms with Crippen LogP contribution in [0.25, 0.3) is 22.6 Å². The predicted molar refractivity (Wildman–Crippen MR) is 257 cm³/mol. The molecule has 1 fully saturated rings. The minimum atomic E-state index is -0.866. The van der Waals surface area contributed by atoms with E-state index in [1.165, 1.54) is 12.1 Å². The second kappa shape index (κ2) is 23.2. The summed E-state index contributed by atoms with van der Waals surface area (Å²) in [6.07, 6.45) is 6.16. The predicted octanol–water partition coefficient (Wildman–Crippen LogP) is 11.1. The van der Waals surface area contributed by atoms with E-state index in [4.69, 9.17) is 9.31 Å². The van der Waals surface area contributed by atoms with Crippen molar-refractivity contribution in [3.63, 3.8) is 0 Å². The van der Waals surface area contributed by atoms with Crippen LogP contribution in [0.5, 0.6) is 11.5 Å². The fourth-order valence-corrected chi connectivity index (χ4v) is 6.40. The van der Waals surface area contributed by atoms with Crippen LogP contribution in [0.4, 0.5) is 8.78 Å². The first kappa shape index (κ1) is 50.0. The van der Waals surface area contributed by atoms with E-state index in [1.54, 1.807) is 23.1 Å². The number of halogens is 5. The number of phenolic OH excluding ortho intramolecular Hbond substituents is 2. The van der Waals surface area contributed by atoms with Crippen molar-refractivity contribution in [2.75, 3.05) is 0 Å². The molecular weight excluding hydrogens is 1030 g/mol. The van der Waals surface area contributed by atoms with E-state index in [9.17, 15) is 28.6 Å². The van der Waals surface area contributed by atoms with Gasteiger partial charge in [-0.05, 0) is 144 Å². The smallest absolute Gasteiger partial charge is 0.494 e. The molecular formula is C47H42BBr3F2N6O6. The maximum atomic E-state index is 13.6. The molecule has 0 atom stereocenters. The molecule has 0 radical (unpaired) electrons. The van der Waals surface area contributed by atoms with Gasteiger partial charge in [0.2, 0.25) is 0 Å². The number of aldehydes is 2. The Bertz CT molecular complexity index is 2750. The lowest BCUT2D eigenvalue weighted by molar-refractivity contribution is 0.00578. The highest BCUT2D eigenvalue weighted by atomic mass is 79.9.